The molecule has 0 spiro atoms. The monoisotopic (exact) mass is 832 g/mol. The van der Waals surface area contributed by atoms with Crippen molar-refractivity contribution in [3.8, 4) is 22.5 Å². The molecule has 310 valence electrons. The van der Waals surface area contributed by atoms with Crippen molar-refractivity contribution in [3.63, 3.8) is 0 Å². The number of hydrogen-bond donors (Lipinski definition) is 0. The van der Waals surface area contributed by atoms with Gasteiger partial charge in [0.25, 0.3) is 0 Å². The molecule has 0 N–H and O–H groups in total. The van der Waals surface area contributed by atoms with E-state index in [-0.39, 0.29) is 12.2 Å². The van der Waals surface area contributed by atoms with E-state index in [0.29, 0.717) is 21.9 Å². The van der Waals surface area contributed by atoms with Crippen LogP contribution in [0.5, 0.6) is 0 Å². The first-order valence-electron chi connectivity index (χ1n) is 20.2. The Morgan fingerprint density at radius 1 is 0.569 bits per heavy atom. The van der Waals surface area contributed by atoms with Crippen molar-refractivity contribution in [2.45, 2.75) is 129 Å². The molecule has 58 heavy (non-hydrogen) atoms. The summed E-state index contributed by atoms with van der Waals surface area (Å²) in [7, 11) is 0. The van der Waals surface area contributed by atoms with Gasteiger partial charge in [-0.05, 0) is 102 Å². The second kappa shape index (κ2) is 18.7. The highest BCUT2D eigenvalue weighted by Gasteiger charge is 2.42. The molecule has 2 aliphatic heterocycles. The number of benzene rings is 3. The summed E-state index contributed by atoms with van der Waals surface area (Å²) in [5.74, 6) is 0.895. The lowest BCUT2D eigenvalue weighted by atomic mass is 9.92. The Kier molecular flexibility index (Phi) is 13.7. The molecule has 0 saturated carbocycles. The highest BCUT2D eigenvalue weighted by atomic mass is 35.5. The number of nitrogens with zero attached hydrogens (tertiary/aromatic N) is 6. The van der Waals surface area contributed by atoms with Crippen LogP contribution in [0.4, 0.5) is 0 Å². The molecule has 2 fully saturated rings. The maximum Gasteiger partial charge on any atom is 0.217 e. The summed E-state index contributed by atoms with van der Waals surface area (Å²) in [5.41, 5.74) is 4.30. The average Bonchev–Trinajstić information content (AvgIpc) is 3.90. The van der Waals surface area contributed by atoms with Gasteiger partial charge in [0.05, 0.1) is 24.6 Å². The second-order valence-electron chi connectivity index (χ2n) is 16.8. The fraction of sp³-hybridized carbons (Fsp3) is 0.500. The quantitative estimate of drug-likeness (QED) is 0.0889. The summed E-state index contributed by atoms with van der Waals surface area (Å²) in [6.45, 7) is 14.1. The van der Waals surface area contributed by atoms with Crippen LogP contribution in [0.15, 0.2) is 85.2 Å². The third-order valence-corrected chi connectivity index (χ3v) is 11.7. The zero-order valence-corrected chi connectivity index (χ0v) is 35.6. The molecule has 6 atom stereocenters. The molecule has 12 nitrogen and oxygen atoms in total. The summed E-state index contributed by atoms with van der Waals surface area (Å²) in [5, 5.41) is 19.1. The molecule has 0 amide bonds. The lowest BCUT2D eigenvalue weighted by Gasteiger charge is -2.41. The lowest BCUT2D eigenvalue weighted by Crippen LogP contribution is -2.46. The number of halogens is 2. The normalized spacial score (nSPS) is 22.8. The van der Waals surface area contributed by atoms with Crippen molar-refractivity contribution in [1.29, 1.82) is 0 Å². The molecular weight excluding hydrogens is 779 g/mol. The van der Waals surface area contributed by atoms with Crippen molar-refractivity contribution >= 4 is 23.2 Å². The first-order chi connectivity index (χ1) is 27.8. The molecule has 2 aliphatic rings. The maximum absolute atomic E-state index is 6.36. The van der Waals surface area contributed by atoms with E-state index in [9.17, 15) is 0 Å². The Morgan fingerprint density at radius 3 is 1.33 bits per heavy atom. The smallest absolute Gasteiger partial charge is 0.217 e. The van der Waals surface area contributed by atoms with Crippen molar-refractivity contribution < 1.29 is 29.0 Å². The van der Waals surface area contributed by atoms with Gasteiger partial charge in [0, 0.05) is 45.4 Å². The van der Waals surface area contributed by atoms with Gasteiger partial charge in [0.1, 0.15) is 22.6 Å². The van der Waals surface area contributed by atoms with Crippen LogP contribution in [0.3, 0.4) is 0 Å². The Bertz CT molecular complexity index is 1910. The minimum absolute atomic E-state index is 0.118. The predicted molar refractivity (Wildman–Crippen MR) is 221 cm³/mol. The molecule has 2 aromatic heterocycles. The maximum atomic E-state index is 6.36. The van der Waals surface area contributed by atoms with Crippen LogP contribution in [-0.4, -0.2) is 53.4 Å². The van der Waals surface area contributed by atoms with Gasteiger partial charge in [0.2, 0.25) is 12.6 Å². The van der Waals surface area contributed by atoms with E-state index in [2.05, 4.69) is 58.7 Å². The van der Waals surface area contributed by atoms with Crippen LogP contribution >= 0.6 is 23.2 Å². The molecule has 0 radical (unpaired) electrons. The minimum atomic E-state index is -0.585. The number of aryl methyl sites for hydroxylation is 2. The van der Waals surface area contributed by atoms with E-state index >= 15 is 0 Å². The summed E-state index contributed by atoms with van der Waals surface area (Å²) < 4.78 is 16.6. The van der Waals surface area contributed by atoms with E-state index in [1.165, 1.54) is 0 Å². The molecule has 14 heteroatoms. The molecule has 6 unspecified atom stereocenters. The molecule has 0 aliphatic carbocycles. The van der Waals surface area contributed by atoms with Crippen LogP contribution in [0.25, 0.3) is 22.5 Å². The average molecular weight is 834 g/mol. The van der Waals surface area contributed by atoms with Crippen molar-refractivity contribution in [2.75, 3.05) is 0 Å². The topological polar surface area (TPSA) is 117 Å². The van der Waals surface area contributed by atoms with E-state index in [1.807, 2.05) is 98.0 Å². The number of ether oxygens (including phenoxy) is 2. The van der Waals surface area contributed by atoms with Gasteiger partial charge in [-0.1, -0.05) is 96.0 Å². The van der Waals surface area contributed by atoms with E-state index < -0.39 is 23.8 Å². The highest BCUT2D eigenvalue weighted by Crippen LogP contribution is 2.38. The summed E-state index contributed by atoms with van der Waals surface area (Å²) in [4.78, 5) is 22.7. The van der Waals surface area contributed by atoms with Crippen LogP contribution in [0.1, 0.15) is 104 Å². The van der Waals surface area contributed by atoms with Crippen LogP contribution in [0, 0.1) is 11.8 Å². The van der Waals surface area contributed by atoms with Gasteiger partial charge >= 0.3 is 0 Å². The van der Waals surface area contributed by atoms with Crippen molar-refractivity contribution in [1.82, 2.24) is 30.0 Å². The number of hydrogen-bond acceptors (Lipinski definition) is 10. The summed E-state index contributed by atoms with van der Waals surface area (Å²) >= 11 is 12.1. The largest absolute Gasteiger partial charge is 0.340 e. The van der Waals surface area contributed by atoms with Crippen molar-refractivity contribution in [2.24, 2.45) is 11.8 Å². The highest BCUT2D eigenvalue weighted by molar-refractivity contribution is 6.30. The minimum Gasteiger partial charge on any atom is -0.340 e. The van der Waals surface area contributed by atoms with Crippen LogP contribution < -0.4 is 0 Å². The number of rotatable bonds is 16. The van der Waals surface area contributed by atoms with Gasteiger partial charge in [-0.2, -0.15) is 9.78 Å². The van der Waals surface area contributed by atoms with Crippen LogP contribution in [0.2, 0.25) is 10.0 Å². The van der Waals surface area contributed by atoms with Gasteiger partial charge in [-0.3, -0.25) is 9.36 Å². The van der Waals surface area contributed by atoms with Gasteiger partial charge < -0.3 is 9.47 Å². The third-order valence-electron chi connectivity index (χ3n) is 11.2. The van der Waals surface area contributed by atoms with Crippen molar-refractivity contribution in [3.05, 3.63) is 106 Å². The Morgan fingerprint density at radius 2 is 0.948 bits per heavy atom. The SMILES string of the molecule is CC(CCC1OC(c2ccc(Cl)cc2)OOC1(C)C)CCn1cc(-c2ccc(-c3cn(CCC(C)CCC4OC(c5ccc(Cl)cc5)OOC4(C)C)nn3)cc2)nn1. The van der Waals surface area contributed by atoms with E-state index in [1.54, 1.807) is 0 Å². The van der Waals surface area contributed by atoms with E-state index in [0.717, 1.165) is 85.3 Å². The molecule has 7 rings (SSSR count). The first kappa shape index (κ1) is 42.4. The molecule has 5 aromatic rings. The Labute approximate surface area is 350 Å². The zero-order valence-electron chi connectivity index (χ0n) is 34.1. The lowest BCUT2D eigenvalue weighted by molar-refractivity contribution is -0.487. The molecular formula is C44H54Cl2N6O6. The number of aromatic nitrogens is 6. The molecule has 3 aromatic carbocycles. The molecule has 0 bridgehead atoms. The van der Waals surface area contributed by atoms with Crippen LogP contribution in [-0.2, 0) is 42.1 Å². The Balaban J connectivity index is 0.839. The molecule has 4 heterocycles. The standard InChI is InChI=1S/C44H54Cl2N6O6/c1-29(7-21-39-43(3,4)57-55-41(53-39)33-13-17-35(45)18-14-33)23-25-51-27-37(47-49-51)31-9-11-32(12-10-31)38-28-52(50-48-38)26-24-30(2)8-22-40-44(5,6)58-56-42(54-40)34-15-19-36(46)20-16-34/h9-20,27-30,39-42H,7-8,21-26H2,1-6H3. The second-order valence-corrected chi connectivity index (χ2v) is 17.7. The van der Waals surface area contributed by atoms with E-state index in [4.69, 9.17) is 52.2 Å². The van der Waals surface area contributed by atoms with Gasteiger partial charge in [-0.15, -0.1) is 10.2 Å². The summed E-state index contributed by atoms with van der Waals surface area (Å²) in [6, 6.07) is 23.1. The van der Waals surface area contributed by atoms with Gasteiger partial charge in [-0.25, -0.2) is 9.78 Å². The van der Waals surface area contributed by atoms with Gasteiger partial charge in [0.15, 0.2) is 0 Å². The Hall–Kier alpha value is -3.72. The molecule has 2 saturated heterocycles. The zero-order chi connectivity index (χ0) is 40.9. The fourth-order valence-corrected chi connectivity index (χ4v) is 7.46. The third kappa shape index (κ3) is 10.9. The predicted octanol–water partition coefficient (Wildman–Crippen LogP) is 10.8. The fourth-order valence-electron chi connectivity index (χ4n) is 7.21. The summed E-state index contributed by atoms with van der Waals surface area (Å²) in [6.07, 6.45) is 8.18. The first-order valence-corrected chi connectivity index (χ1v) is 21.0.